The average Bonchev–Trinajstić information content (AvgIpc) is 2.91. The van der Waals surface area contributed by atoms with Crippen molar-refractivity contribution in [2.24, 2.45) is 5.16 Å². The highest BCUT2D eigenvalue weighted by atomic mass is 35.5. The Morgan fingerprint density at radius 2 is 2.05 bits per heavy atom. The maximum absolute atomic E-state index is 12.9. The fourth-order valence-corrected chi connectivity index (χ4v) is 4.03. The quantitative estimate of drug-likeness (QED) is 0.915. The van der Waals surface area contributed by atoms with Crippen molar-refractivity contribution >= 4 is 26.5 Å². The van der Waals surface area contributed by atoms with Gasteiger partial charge in [-0.05, 0) is 20.8 Å². The van der Waals surface area contributed by atoms with Crippen molar-refractivity contribution in [1.29, 1.82) is 0 Å². The lowest BCUT2D eigenvalue weighted by molar-refractivity contribution is 0.0123. The molecule has 1 unspecified atom stereocenters. The Hall–Kier alpha value is -1.22. The number of hydrogen-bond donors (Lipinski definition) is 1. The third-order valence-electron chi connectivity index (χ3n) is 3.18. The number of hydrogen-bond acceptors (Lipinski definition) is 5. The summed E-state index contributed by atoms with van der Waals surface area (Å²) in [4.78, 5) is 5.02. The van der Waals surface area contributed by atoms with E-state index < -0.39 is 32.8 Å². The summed E-state index contributed by atoms with van der Waals surface area (Å²) in [7, 11) is -3.96. The molecule has 0 aromatic carbocycles. The molecule has 0 amide bonds. The standard InChI is InChI=1S/C11H14ClF2N3O3S/c1-5(7-8(10(13)14)15-16-9(7)12)21(18,19)6-4-11(2,3)20-17-6/h5,10H,4H2,1-3H3,(H,15,16). The third-order valence-corrected chi connectivity index (χ3v) is 5.51. The number of alkyl halides is 2. The van der Waals surface area contributed by atoms with Crippen molar-refractivity contribution < 1.29 is 22.0 Å². The molecule has 1 aliphatic rings. The largest absolute Gasteiger partial charge is 0.389 e. The van der Waals surface area contributed by atoms with Crippen LogP contribution in [-0.4, -0.2) is 29.3 Å². The van der Waals surface area contributed by atoms with Gasteiger partial charge >= 0.3 is 0 Å². The van der Waals surface area contributed by atoms with Gasteiger partial charge in [0.15, 0.2) is 10.2 Å². The Labute approximate surface area is 125 Å². The van der Waals surface area contributed by atoms with Gasteiger partial charge < -0.3 is 4.84 Å². The zero-order valence-corrected chi connectivity index (χ0v) is 13.1. The van der Waals surface area contributed by atoms with Gasteiger partial charge in [0.2, 0.25) is 9.84 Å². The minimum atomic E-state index is -3.96. The van der Waals surface area contributed by atoms with Crippen LogP contribution in [0.5, 0.6) is 0 Å². The molecule has 2 heterocycles. The average molecular weight is 342 g/mol. The van der Waals surface area contributed by atoms with E-state index in [2.05, 4.69) is 15.4 Å². The van der Waals surface area contributed by atoms with E-state index in [0.29, 0.717) is 0 Å². The van der Waals surface area contributed by atoms with Crippen LogP contribution in [0.2, 0.25) is 5.15 Å². The molecule has 21 heavy (non-hydrogen) atoms. The van der Waals surface area contributed by atoms with Crippen LogP contribution in [-0.2, 0) is 14.7 Å². The predicted octanol–water partition coefficient (Wildman–Crippen LogP) is 2.99. The van der Waals surface area contributed by atoms with Crippen molar-refractivity contribution in [3.8, 4) is 0 Å². The van der Waals surface area contributed by atoms with E-state index in [-0.39, 0.29) is 22.2 Å². The summed E-state index contributed by atoms with van der Waals surface area (Å²) >= 11 is 5.74. The van der Waals surface area contributed by atoms with Crippen LogP contribution in [0.4, 0.5) is 8.78 Å². The zero-order valence-electron chi connectivity index (χ0n) is 11.5. The molecule has 10 heteroatoms. The first-order valence-corrected chi connectivity index (χ1v) is 7.99. The fourth-order valence-electron chi connectivity index (χ4n) is 2.01. The van der Waals surface area contributed by atoms with Crippen LogP contribution < -0.4 is 0 Å². The highest BCUT2D eigenvalue weighted by Gasteiger charge is 2.41. The van der Waals surface area contributed by atoms with E-state index in [9.17, 15) is 17.2 Å². The summed E-state index contributed by atoms with van der Waals surface area (Å²) < 4.78 is 50.8. The first kappa shape index (κ1) is 16.2. The summed E-state index contributed by atoms with van der Waals surface area (Å²) in [6.45, 7) is 4.63. The van der Waals surface area contributed by atoms with E-state index in [4.69, 9.17) is 16.4 Å². The second-order valence-corrected chi connectivity index (χ2v) is 7.97. The Morgan fingerprint density at radius 3 is 2.52 bits per heavy atom. The molecule has 0 bridgehead atoms. The lowest BCUT2D eigenvalue weighted by atomic mass is 10.1. The van der Waals surface area contributed by atoms with E-state index in [1.54, 1.807) is 13.8 Å². The second-order valence-electron chi connectivity index (χ2n) is 5.34. The van der Waals surface area contributed by atoms with Gasteiger partial charge in [0.1, 0.15) is 11.3 Å². The summed E-state index contributed by atoms with van der Waals surface area (Å²) in [5.41, 5.74) is -1.58. The molecule has 1 N–H and O–H groups in total. The molecule has 0 saturated carbocycles. The number of nitrogens with zero attached hydrogens (tertiary/aromatic N) is 2. The molecule has 1 aromatic rings. The van der Waals surface area contributed by atoms with Crippen LogP contribution in [0.3, 0.4) is 0 Å². The number of sulfone groups is 1. The first-order chi connectivity index (χ1) is 9.56. The predicted molar refractivity (Wildman–Crippen MR) is 73.1 cm³/mol. The SMILES string of the molecule is CC(c1c(Cl)n[nH]c1C(F)F)S(=O)(=O)C1=NOC(C)(C)C1. The number of aromatic nitrogens is 2. The van der Waals surface area contributed by atoms with Gasteiger partial charge in [0.05, 0.1) is 5.25 Å². The summed E-state index contributed by atoms with van der Waals surface area (Å²) in [5, 5.41) is 7.30. The van der Waals surface area contributed by atoms with Gasteiger partial charge in [-0.2, -0.15) is 5.10 Å². The topological polar surface area (TPSA) is 84.4 Å². The highest BCUT2D eigenvalue weighted by molar-refractivity contribution is 8.06. The molecule has 6 nitrogen and oxygen atoms in total. The molecular formula is C11H14ClF2N3O3S. The normalized spacial score (nSPS) is 19.5. The molecule has 1 aliphatic heterocycles. The monoisotopic (exact) mass is 341 g/mol. The number of H-pyrrole nitrogens is 1. The molecule has 1 aromatic heterocycles. The van der Waals surface area contributed by atoms with Crippen molar-refractivity contribution in [2.75, 3.05) is 0 Å². The molecule has 0 radical (unpaired) electrons. The van der Waals surface area contributed by atoms with Crippen molar-refractivity contribution in [2.45, 2.75) is 44.5 Å². The smallest absolute Gasteiger partial charge is 0.280 e. The Morgan fingerprint density at radius 1 is 1.43 bits per heavy atom. The molecule has 0 aliphatic carbocycles. The van der Waals surface area contributed by atoms with Gasteiger partial charge in [0, 0.05) is 12.0 Å². The number of aromatic amines is 1. The third kappa shape index (κ3) is 2.89. The molecule has 118 valence electrons. The van der Waals surface area contributed by atoms with Gasteiger partial charge in [-0.15, -0.1) is 0 Å². The van der Waals surface area contributed by atoms with Crippen LogP contribution in [0.1, 0.15) is 50.1 Å². The van der Waals surface area contributed by atoms with Crippen molar-refractivity contribution in [3.63, 3.8) is 0 Å². The van der Waals surface area contributed by atoms with E-state index in [0.717, 1.165) is 0 Å². The van der Waals surface area contributed by atoms with Crippen LogP contribution in [0, 0.1) is 0 Å². The summed E-state index contributed by atoms with van der Waals surface area (Å²) in [6.07, 6.45) is -2.84. The lowest BCUT2D eigenvalue weighted by Gasteiger charge is -2.15. The number of halogens is 3. The van der Waals surface area contributed by atoms with Crippen LogP contribution >= 0.6 is 11.6 Å². The maximum Gasteiger partial charge on any atom is 0.280 e. The Balaban J connectivity index is 2.41. The summed E-state index contributed by atoms with van der Waals surface area (Å²) in [5.74, 6) is 0. The van der Waals surface area contributed by atoms with E-state index >= 15 is 0 Å². The van der Waals surface area contributed by atoms with E-state index in [1.165, 1.54) is 6.92 Å². The first-order valence-electron chi connectivity index (χ1n) is 6.07. The maximum atomic E-state index is 12.9. The summed E-state index contributed by atoms with van der Waals surface area (Å²) in [6, 6.07) is 0. The highest BCUT2D eigenvalue weighted by Crippen LogP contribution is 2.37. The molecule has 0 saturated heterocycles. The fraction of sp³-hybridized carbons (Fsp3) is 0.636. The molecule has 0 fully saturated rings. The van der Waals surface area contributed by atoms with Crippen molar-refractivity contribution in [3.05, 3.63) is 16.4 Å². The molecule has 0 spiro atoms. The van der Waals surface area contributed by atoms with Gasteiger partial charge in [0.25, 0.3) is 6.43 Å². The minimum absolute atomic E-state index is 0.0686. The van der Waals surface area contributed by atoms with Gasteiger partial charge in [-0.3, -0.25) is 5.10 Å². The number of oxime groups is 1. The minimum Gasteiger partial charge on any atom is -0.389 e. The number of rotatable bonds is 3. The molecule has 1 atom stereocenters. The van der Waals surface area contributed by atoms with Gasteiger partial charge in [-0.25, -0.2) is 17.2 Å². The zero-order chi connectivity index (χ0) is 16.0. The Kier molecular flexibility index (Phi) is 4.00. The molecule has 2 rings (SSSR count). The number of nitrogens with one attached hydrogen (secondary N) is 1. The van der Waals surface area contributed by atoms with Crippen LogP contribution in [0.25, 0.3) is 0 Å². The lowest BCUT2D eigenvalue weighted by Crippen LogP contribution is -2.25. The van der Waals surface area contributed by atoms with E-state index in [1.807, 2.05) is 0 Å². The van der Waals surface area contributed by atoms with Crippen molar-refractivity contribution in [1.82, 2.24) is 10.2 Å². The van der Waals surface area contributed by atoms with Gasteiger partial charge in [-0.1, -0.05) is 16.8 Å². The van der Waals surface area contributed by atoms with Crippen LogP contribution in [0.15, 0.2) is 5.16 Å². The Bertz CT molecular complexity index is 685. The second kappa shape index (κ2) is 5.20. The molecular weight excluding hydrogens is 328 g/mol.